The number of aryl methyl sites for hydroxylation is 1. The van der Waals surface area contributed by atoms with Crippen molar-refractivity contribution in [2.75, 3.05) is 6.54 Å². The highest BCUT2D eigenvalue weighted by Gasteiger charge is 2.38. The zero-order valence-electron chi connectivity index (χ0n) is 20.1. The summed E-state index contributed by atoms with van der Waals surface area (Å²) < 4.78 is 41.4. The molecule has 12 nitrogen and oxygen atoms in total. The van der Waals surface area contributed by atoms with Gasteiger partial charge in [-0.3, -0.25) is 29.7 Å². The average Bonchev–Trinajstić information content (AvgIpc) is 3.23. The molecule has 1 aromatic heterocycles. The van der Waals surface area contributed by atoms with Crippen LogP contribution in [0.4, 0.5) is 24.5 Å². The summed E-state index contributed by atoms with van der Waals surface area (Å²) in [7, 11) is 0. The number of azo groups is 1. The highest BCUT2D eigenvalue weighted by atomic mass is 19.4. The number of nitrogens with one attached hydrogen (secondary N) is 4. The fraction of sp³-hybridized carbons (Fsp3) is 0.217. The third-order valence-corrected chi connectivity index (χ3v) is 5.16. The molecule has 3 rings (SSSR count). The number of carbonyl (C=O) groups excluding carboxylic acids is 3. The molecule has 6 N–H and O–H groups in total. The fourth-order valence-electron chi connectivity index (χ4n) is 3.13. The van der Waals surface area contributed by atoms with Crippen LogP contribution in [0.1, 0.15) is 28.5 Å². The van der Waals surface area contributed by atoms with Gasteiger partial charge in [0.15, 0.2) is 11.4 Å². The van der Waals surface area contributed by atoms with E-state index < -0.39 is 53.4 Å². The lowest BCUT2D eigenvalue weighted by molar-refractivity contribution is -0.140. The van der Waals surface area contributed by atoms with Gasteiger partial charge in [-0.2, -0.15) is 18.3 Å². The Labute approximate surface area is 213 Å². The van der Waals surface area contributed by atoms with Gasteiger partial charge in [0.25, 0.3) is 17.4 Å². The van der Waals surface area contributed by atoms with Crippen LogP contribution in [0.3, 0.4) is 0 Å². The quantitative estimate of drug-likeness (QED) is 0.129. The Morgan fingerprint density at radius 3 is 2.26 bits per heavy atom. The molecule has 2 aromatic carbocycles. The van der Waals surface area contributed by atoms with Gasteiger partial charge in [-0.05, 0) is 50.2 Å². The summed E-state index contributed by atoms with van der Waals surface area (Å²) in [6, 6.07) is 10.5. The van der Waals surface area contributed by atoms with Crippen molar-refractivity contribution >= 4 is 29.1 Å². The normalized spacial score (nSPS) is 12.3. The number of rotatable bonds is 8. The number of benzene rings is 2. The van der Waals surface area contributed by atoms with Crippen LogP contribution in [0.15, 0.2) is 63.6 Å². The van der Waals surface area contributed by atoms with Crippen molar-refractivity contribution in [3.63, 3.8) is 0 Å². The minimum absolute atomic E-state index is 0.00630. The van der Waals surface area contributed by atoms with E-state index in [-0.39, 0.29) is 16.9 Å². The summed E-state index contributed by atoms with van der Waals surface area (Å²) >= 11 is 0. The van der Waals surface area contributed by atoms with Gasteiger partial charge >= 0.3 is 6.18 Å². The molecule has 38 heavy (non-hydrogen) atoms. The van der Waals surface area contributed by atoms with Crippen molar-refractivity contribution in [1.29, 1.82) is 0 Å². The number of alkyl halides is 3. The number of halogens is 3. The van der Waals surface area contributed by atoms with Crippen LogP contribution in [-0.4, -0.2) is 40.1 Å². The number of carbonyl (C=O) groups is 3. The Bertz CT molecular complexity index is 1410. The number of nitrogens with zero attached hydrogens (tertiary/aromatic N) is 3. The second-order valence-corrected chi connectivity index (χ2v) is 8.04. The summed E-state index contributed by atoms with van der Waals surface area (Å²) in [5.41, 5.74) is -0.314. The van der Waals surface area contributed by atoms with E-state index >= 15 is 0 Å². The van der Waals surface area contributed by atoms with Crippen molar-refractivity contribution in [1.82, 2.24) is 25.8 Å². The molecule has 3 aromatic rings. The van der Waals surface area contributed by atoms with Crippen LogP contribution in [-0.2, 0) is 15.8 Å². The fourth-order valence-corrected chi connectivity index (χ4v) is 3.13. The summed E-state index contributed by atoms with van der Waals surface area (Å²) in [5, 5.41) is 13.9. The lowest BCUT2D eigenvalue weighted by atomic mass is 10.2. The van der Waals surface area contributed by atoms with Gasteiger partial charge < -0.3 is 10.6 Å². The summed E-state index contributed by atoms with van der Waals surface area (Å²) in [6.45, 7) is 2.76. The third-order valence-electron chi connectivity index (χ3n) is 5.16. The zero-order chi connectivity index (χ0) is 28.0. The molecule has 0 fully saturated rings. The number of hydrogen-bond donors (Lipinski definition) is 5. The van der Waals surface area contributed by atoms with E-state index in [1.165, 1.54) is 31.2 Å². The molecule has 0 saturated heterocycles. The largest absolute Gasteiger partial charge is 0.435 e. The Hall–Kier alpha value is -4.79. The van der Waals surface area contributed by atoms with Crippen LogP contribution < -0.4 is 27.5 Å². The number of nitrogens with two attached hydrogens (primary N) is 1. The van der Waals surface area contributed by atoms with Gasteiger partial charge in [-0.15, -0.1) is 5.11 Å². The zero-order valence-corrected chi connectivity index (χ0v) is 20.1. The average molecular weight is 532 g/mol. The number of aromatic amines is 1. The highest BCUT2D eigenvalue weighted by Crippen LogP contribution is 2.34. The first kappa shape index (κ1) is 27.8. The standard InChI is InChI=1S/C23H23F3N8O4/c1-12-3-7-15(8-4-12)31-32-18-19(23(24,25)26)33-34(22(18)38)16-9-5-14(6-10-16)21(37)28-11-17(35)29-13(2)20(36)30-27/h3-10,13,33H,11,27H2,1-2H3,(H,28,37)(H,29,35)(H,30,36)/t13-/m1/s1. The lowest BCUT2D eigenvalue weighted by Gasteiger charge is -2.12. The van der Waals surface area contributed by atoms with Crippen LogP contribution in [0, 0.1) is 6.92 Å². The van der Waals surface area contributed by atoms with Crippen LogP contribution in [0.2, 0.25) is 0 Å². The number of H-pyrrole nitrogens is 1. The summed E-state index contributed by atoms with van der Waals surface area (Å²) in [5.74, 6) is 3.01. The molecule has 15 heteroatoms. The van der Waals surface area contributed by atoms with Crippen LogP contribution in [0.5, 0.6) is 0 Å². The SMILES string of the molecule is Cc1ccc(N=Nc2c(C(F)(F)F)[nH]n(-c3ccc(C(=O)NCC(=O)N[C@H](C)C(=O)NN)cc3)c2=O)cc1. The first-order valence-electron chi connectivity index (χ1n) is 11.0. The maximum absolute atomic E-state index is 13.6. The molecule has 0 bridgehead atoms. The van der Waals surface area contributed by atoms with Gasteiger partial charge in [0.2, 0.25) is 5.91 Å². The minimum atomic E-state index is -4.92. The van der Waals surface area contributed by atoms with Crippen LogP contribution >= 0.6 is 0 Å². The second kappa shape index (κ2) is 11.5. The molecule has 0 aliphatic carbocycles. The predicted octanol–water partition coefficient (Wildman–Crippen LogP) is 2.13. The van der Waals surface area contributed by atoms with E-state index in [1.807, 2.05) is 17.4 Å². The van der Waals surface area contributed by atoms with Crippen molar-refractivity contribution in [3.05, 3.63) is 75.7 Å². The van der Waals surface area contributed by atoms with Gasteiger partial charge in [0, 0.05) is 5.56 Å². The number of amides is 3. The van der Waals surface area contributed by atoms with E-state index in [4.69, 9.17) is 5.84 Å². The Morgan fingerprint density at radius 2 is 1.68 bits per heavy atom. The molecule has 0 aliphatic rings. The van der Waals surface area contributed by atoms with Crippen LogP contribution in [0.25, 0.3) is 5.69 Å². The molecule has 0 aliphatic heterocycles. The topological polar surface area (TPSA) is 176 Å². The maximum atomic E-state index is 13.6. The Kier molecular flexibility index (Phi) is 8.42. The summed E-state index contributed by atoms with van der Waals surface area (Å²) in [6.07, 6.45) is -4.92. The van der Waals surface area contributed by atoms with Gasteiger partial charge in [0.1, 0.15) is 6.04 Å². The van der Waals surface area contributed by atoms with Gasteiger partial charge in [0.05, 0.1) is 17.9 Å². The molecule has 200 valence electrons. The van der Waals surface area contributed by atoms with Crippen molar-refractivity contribution in [2.45, 2.75) is 26.1 Å². The van der Waals surface area contributed by atoms with Crippen molar-refractivity contribution in [2.24, 2.45) is 16.1 Å². The van der Waals surface area contributed by atoms with Gasteiger partial charge in [-0.25, -0.2) is 10.5 Å². The van der Waals surface area contributed by atoms with Crippen molar-refractivity contribution < 1.29 is 27.6 Å². The Balaban J connectivity index is 1.78. The third kappa shape index (κ3) is 6.70. The molecule has 1 atom stereocenters. The number of hydrazine groups is 1. The smallest absolute Gasteiger partial charge is 0.343 e. The molecule has 0 unspecified atom stereocenters. The lowest BCUT2D eigenvalue weighted by Crippen LogP contribution is -2.49. The molecule has 0 spiro atoms. The van der Waals surface area contributed by atoms with E-state index in [0.717, 1.165) is 5.56 Å². The molecule has 0 saturated carbocycles. The van der Waals surface area contributed by atoms with E-state index in [9.17, 15) is 32.3 Å². The highest BCUT2D eigenvalue weighted by molar-refractivity contribution is 5.97. The predicted molar refractivity (Wildman–Crippen MR) is 129 cm³/mol. The minimum Gasteiger partial charge on any atom is -0.343 e. The Morgan fingerprint density at radius 1 is 1.05 bits per heavy atom. The molecule has 0 radical (unpaired) electrons. The molecular formula is C23H23F3N8O4. The molecule has 1 heterocycles. The number of hydrogen-bond acceptors (Lipinski definition) is 7. The van der Waals surface area contributed by atoms with Gasteiger partial charge in [-0.1, -0.05) is 17.7 Å². The monoisotopic (exact) mass is 532 g/mol. The van der Waals surface area contributed by atoms with E-state index in [2.05, 4.69) is 20.9 Å². The second-order valence-electron chi connectivity index (χ2n) is 8.04. The van der Waals surface area contributed by atoms with E-state index in [1.54, 1.807) is 24.3 Å². The maximum Gasteiger partial charge on any atom is 0.435 e. The number of aromatic nitrogens is 2. The van der Waals surface area contributed by atoms with E-state index in [0.29, 0.717) is 4.68 Å². The first-order chi connectivity index (χ1) is 17.9. The molecule has 3 amide bonds. The first-order valence-corrected chi connectivity index (χ1v) is 11.0. The molecular weight excluding hydrogens is 509 g/mol. The van der Waals surface area contributed by atoms with Crippen molar-refractivity contribution in [3.8, 4) is 5.69 Å². The summed E-state index contributed by atoms with van der Waals surface area (Å²) in [4.78, 5) is 48.3.